The van der Waals surface area contributed by atoms with Crippen LogP contribution in [0.15, 0.2) is 16.9 Å². The minimum Gasteiger partial charge on any atom is -0.298 e. The zero-order valence-corrected chi connectivity index (χ0v) is 12.6. The third-order valence-electron chi connectivity index (χ3n) is 4.37. The minimum atomic E-state index is 0.0470. The van der Waals surface area contributed by atoms with E-state index in [2.05, 4.69) is 23.8 Å². The summed E-state index contributed by atoms with van der Waals surface area (Å²) in [6.45, 7) is 7.56. The van der Waals surface area contributed by atoms with Crippen molar-refractivity contribution in [2.24, 2.45) is 5.92 Å². The Kier molecular flexibility index (Phi) is 3.92. The average Bonchev–Trinajstić information content (AvgIpc) is 3.16. The summed E-state index contributed by atoms with van der Waals surface area (Å²) in [6.07, 6.45) is 4.89. The van der Waals surface area contributed by atoms with Crippen LogP contribution in [0, 0.1) is 5.92 Å². The Balaban J connectivity index is 1.73. The fraction of sp³-hybridized carbons (Fsp3) is 0.750. The van der Waals surface area contributed by atoms with E-state index in [0.29, 0.717) is 17.9 Å². The van der Waals surface area contributed by atoms with Crippen LogP contribution in [0.5, 0.6) is 0 Å². The van der Waals surface area contributed by atoms with Crippen molar-refractivity contribution in [3.05, 3.63) is 28.2 Å². The highest BCUT2D eigenvalue weighted by Crippen LogP contribution is 2.38. The summed E-state index contributed by atoms with van der Waals surface area (Å²) >= 11 is 0. The molecule has 2 fully saturated rings. The van der Waals surface area contributed by atoms with E-state index in [4.69, 9.17) is 0 Å². The molecule has 1 aromatic rings. The molecule has 2 aliphatic rings. The predicted octanol–water partition coefficient (Wildman–Crippen LogP) is 2.24. The van der Waals surface area contributed by atoms with Gasteiger partial charge in [-0.2, -0.15) is 5.10 Å². The quantitative estimate of drug-likeness (QED) is 0.827. The van der Waals surface area contributed by atoms with Crippen molar-refractivity contribution in [1.82, 2.24) is 14.7 Å². The van der Waals surface area contributed by atoms with Crippen LogP contribution in [-0.4, -0.2) is 33.8 Å². The Labute approximate surface area is 120 Å². The van der Waals surface area contributed by atoms with Gasteiger partial charge in [-0.1, -0.05) is 13.8 Å². The Morgan fingerprint density at radius 2 is 2.10 bits per heavy atom. The van der Waals surface area contributed by atoms with Gasteiger partial charge in [0.25, 0.3) is 5.56 Å². The Bertz CT molecular complexity index is 519. The van der Waals surface area contributed by atoms with Gasteiger partial charge in [-0.3, -0.25) is 9.69 Å². The molecule has 0 N–H and O–H groups in total. The lowest BCUT2D eigenvalue weighted by atomic mass is 10.1. The van der Waals surface area contributed by atoms with E-state index < -0.39 is 0 Å². The standard InChI is InChI=1S/C16H25N3O/c1-12(2)10-18-9-3-4-14(18)11-19-16(20)8-7-15(17-19)13-5-6-13/h7-8,12-14H,3-6,9-11H2,1-2H3. The van der Waals surface area contributed by atoms with Crippen molar-refractivity contribution in [1.29, 1.82) is 0 Å². The highest BCUT2D eigenvalue weighted by molar-refractivity contribution is 5.12. The topological polar surface area (TPSA) is 38.1 Å². The zero-order valence-electron chi connectivity index (χ0n) is 12.6. The van der Waals surface area contributed by atoms with Crippen molar-refractivity contribution in [3.63, 3.8) is 0 Å². The smallest absolute Gasteiger partial charge is 0.266 e. The van der Waals surface area contributed by atoms with Gasteiger partial charge < -0.3 is 0 Å². The van der Waals surface area contributed by atoms with Gasteiger partial charge in [-0.25, -0.2) is 4.68 Å². The van der Waals surface area contributed by atoms with E-state index in [1.165, 1.54) is 32.2 Å². The summed E-state index contributed by atoms with van der Waals surface area (Å²) in [5, 5.41) is 4.59. The van der Waals surface area contributed by atoms with E-state index >= 15 is 0 Å². The summed E-state index contributed by atoms with van der Waals surface area (Å²) in [4.78, 5) is 14.5. The maximum atomic E-state index is 12.0. The molecule has 1 aromatic heterocycles. The van der Waals surface area contributed by atoms with Crippen molar-refractivity contribution in [2.45, 2.75) is 58.0 Å². The van der Waals surface area contributed by atoms with Crippen LogP contribution in [-0.2, 0) is 6.54 Å². The van der Waals surface area contributed by atoms with Crippen LogP contribution in [0.25, 0.3) is 0 Å². The first-order chi connectivity index (χ1) is 9.63. The number of aromatic nitrogens is 2. The number of nitrogens with zero attached hydrogens (tertiary/aromatic N) is 3. The van der Waals surface area contributed by atoms with Gasteiger partial charge in [-0.15, -0.1) is 0 Å². The molecule has 0 bridgehead atoms. The van der Waals surface area contributed by atoms with Crippen LogP contribution < -0.4 is 5.56 Å². The molecule has 0 spiro atoms. The monoisotopic (exact) mass is 275 g/mol. The van der Waals surface area contributed by atoms with Crippen molar-refractivity contribution in [2.75, 3.05) is 13.1 Å². The molecule has 1 saturated carbocycles. The second-order valence-electron chi connectivity index (χ2n) is 6.74. The molecule has 0 aromatic carbocycles. The summed E-state index contributed by atoms with van der Waals surface area (Å²) < 4.78 is 1.71. The lowest BCUT2D eigenvalue weighted by molar-refractivity contribution is 0.202. The second kappa shape index (κ2) is 5.68. The van der Waals surface area contributed by atoms with E-state index in [1.807, 2.05) is 6.07 Å². The van der Waals surface area contributed by atoms with Crippen LogP contribution in [0.3, 0.4) is 0 Å². The second-order valence-corrected chi connectivity index (χ2v) is 6.74. The molecule has 20 heavy (non-hydrogen) atoms. The van der Waals surface area contributed by atoms with E-state index in [1.54, 1.807) is 10.7 Å². The molecular weight excluding hydrogens is 250 g/mol. The average molecular weight is 275 g/mol. The summed E-state index contributed by atoms with van der Waals surface area (Å²) in [5.74, 6) is 1.29. The molecule has 4 heteroatoms. The fourth-order valence-electron chi connectivity index (χ4n) is 3.20. The van der Waals surface area contributed by atoms with Crippen LogP contribution in [0.1, 0.15) is 51.1 Å². The normalized spacial score (nSPS) is 23.6. The molecule has 110 valence electrons. The number of likely N-dealkylation sites (tertiary alicyclic amines) is 1. The maximum Gasteiger partial charge on any atom is 0.266 e. The first kappa shape index (κ1) is 13.8. The summed E-state index contributed by atoms with van der Waals surface area (Å²) in [6, 6.07) is 4.09. The zero-order chi connectivity index (χ0) is 14.1. The number of hydrogen-bond donors (Lipinski definition) is 0. The van der Waals surface area contributed by atoms with Crippen LogP contribution in [0.4, 0.5) is 0 Å². The largest absolute Gasteiger partial charge is 0.298 e. The van der Waals surface area contributed by atoms with Crippen molar-refractivity contribution in [3.8, 4) is 0 Å². The first-order valence-electron chi connectivity index (χ1n) is 7.95. The van der Waals surface area contributed by atoms with Gasteiger partial charge in [0.05, 0.1) is 12.2 Å². The Hall–Kier alpha value is -1.16. The molecule has 1 aliphatic heterocycles. The van der Waals surface area contributed by atoms with Crippen molar-refractivity contribution >= 4 is 0 Å². The summed E-state index contributed by atoms with van der Waals surface area (Å²) in [7, 11) is 0. The SMILES string of the molecule is CC(C)CN1CCCC1Cn1nc(C2CC2)ccc1=O. The van der Waals surface area contributed by atoms with Gasteiger partial charge in [-0.05, 0) is 44.2 Å². The number of hydrogen-bond acceptors (Lipinski definition) is 3. The van der Waals surface area contributed by atoms with Gasteiger partial charge in [0.2, 0.25) is 0 Å². The Morgan fingerprint density at radius 3 is 2.80 bits per heavy atom. The van der Waals surface area contributed by atoms with E-state index in [-0.39, 0.29) is 5.56 Å². The Morgan fingerprint density at radius 1 is 1.30 bits per heavy atom. The molecule has 0 amide bonds. The maximum absolute atomic E-state index is 12.0. The third kappa shape index (κ3) is 3.11. The molecule has 1 saturated heterocycles. The summed E-state index contributed by atoms with van der Waals surface area (Å²) in [5.41, 5.74) is 1.16. The molecule has 1 aliphatic carbocycles. The van der Waals surface area contributed by atoms with Gasteiger partial charge in [0, 0.05) is 24.6 Å². The fourth-order valence-corrected chi connectivity index (χ4v) is 3.20. The van der Waals surface area contributed by atoms with Crippen LogP contribution in [0.2, 0.25) is 0 Å². The van der Waals surface area contributed by atoms with E-state index in [0.717, 1.165) is 18.8 Å². The molecule has 0 radical (unpaired) electrons. The van der Waals surface area contributed by atoms with Gasteiger partial charge >= 0.3 is 0 Å². The highest BCUT2D eigenvalue weighted by Gasteiger charge is 2.28. The minimum absolute atomic E-state index is 0.0470. The highest BCUT2D eigenvalue weighted by atomic mass is 16.1. The molecule has 3 rings (SSSR count). The van der Waals surface area contributed by atoms with Crippen molar-refractivity contribution < 1.29 is 0 Å². The lowest BCUT2D eigenvalue weighted by Gasteiger charge is -2.26. The molecule has 1 atom stereocenters. The third-order valence-corrected chi connectivity index (χ3v) is 4.37. The molecule has 4 nitrogen and oxygen atoms in total. The van der Waals surface area contributed by atoms with Gasteiger partial charge in [0.15, 0.2) is 0 Å². The number of rotatable bonds is 5. The first-order valence-corrected chi connectivity index (χ1v) is 7.95. The van der Waals surface area contributed by atoms with E-state index in [9.17, 15) is 4.79 Å². The lowest BCUT2D eigenvalue weighted by Crippen LogP contribution is -2.38. The predicted molar refractivity (Wildman–Crippen MR) is 79.9 cm³/mol. The molecule has 2 heterocycles. The van der Waals surface area contributed by atoms with Crippen LogP contribution >= 0.6 is 0 Å². The molecule has 1 unspecified atom stereocenters. The molecular formula is C16H25N3O. The van der Waals surface area contributed by atoms with Gasteiger partial charge in [0.1, 0.15) is 0 Å².